The molecule has 1 amide bonds. The molecule has 3 fully saturated rings. The van der Waals surface area contributed by atoms with Gasteiger partial charge in [-0.15, -0.1) is 0 Å². The minimum Gasteiger partial charge on any atom is -0.463 e. The molecule has 1 atom stereocenters. The van der Waals surface area contributed by atoms with E-state index in [2.05, 4.69) is 14.5 Å². The van der Waals surface area contributed by atoms with Gasteiger partial charge in [0, 0.05) is 39.3 Å². The second-order valence-corrected chi connectivity index (χ2v) is 7.99. The lowest BCUT2D eigenvalue weighted by Gasteiger charge is -2.29. The summed E-state index contributed by atoms with van der Waals surface area (Å²) in [6, 6.07) is 3.45. The molecule has 8 heteroatoms. The van der Waals surface area contributed by atoms with Crippen molar-refractivity contribution in [2.24, 2.45) is 5.41 Å². The molecule has 0 N–H and O–H groups in total. The summed E-state index contributed by atoms with van der Waals surface area (Å²) >= 11 is 0. The van der Waals surface area contributed by atoms with Crippen LogP contribution in [0, 0.1) is 5.41 Å². The van der Waals surface area contributed by atoms with Crippen molar-refractivity contribution < 1.29 is 23.5 Å². The van der Waals surface area contributed by atoms with Crippen LogP contribution in [0.25, 0.3) is 0 Å². The van der Waals surface area contributed by atoms with Crippen LogP contribution < -0.4 is 0 Å². The van der Waals surface area contributed by atoms with E-state index < -0.39 is 5.97 Å². The van der Waals surface area contributed by atoms with Gasteiger partial charge in [0.15, 0.2) is 0 Å². The zero-order valence-corrected chi connectivity index (χ0v) is 16.5. The molecule has 8 nitrogen and oxygen atoms in total. The number of carbonyl (C=O) groups is 2. The van der Waals surface area contributed by atoms with Gasteiger partial charge >= 0.3 is 5.97 Å². The number of hydrogen-bond acceptors (Lipinski definition) is 7. The maximum Gasteiger partial charge on any atom is 0.373 e. The molecule has 28 heavy (non-hydrogen) atoms. The smallest absolute Gasteiger partial charge is 0.373 e. The molecule has 3 saturated heterocycles. The molecule has 1 spiro atoms. The zero-order chi connectivity index (χ0) is 19.6. The van der Waals surface area contributed by atoms with Crippen molar-refractivity contribution in [1.29, 1.82) is 0 Å². The summed E-state index contributed by atoms with van der Waals surface area (Å²) in [5.74, 6) is 0.786. The topological polar surface area (TPSA) is 75.5 Å². The maximum absolute atomic E-state index is 13.1. The van der Waals surface area contributed by atoms with Crippen molar-refractivity contribution in [3.63, 3.8) is 0 Å². The summed E-state index contributed by atoms with van der Waals surface area (Å²) in [5, 5.41) is 0. The summed E-state index contributed by atoms with van der Waals surface area (Å²) in [6.45, 7) is 8.32. The van der Waals surface area contributed by atoms with Crippen molar-refractivity contribution in [2.45, 2.75) is 19.4 Å². The minimum absolute atomic E-state index is 0.220. The molecular weight excluding hydrogens is 362 g/mol. The van der Waals surface area contributed by atoms with E-state index >= 15 is 0 Å². The van der Waals surface area contributed by atoms with E-state index in [0.717, 1.165) is 77.6 Å². The molecule has 0 saturated carbocycles. The van der Waals surface area contributed by atoms with Crippen LogP contribution in [0.2, 0.25) is 0 Å². The monoisotopic (exact) mass is 391 g/mol. The Kier molecular flexibility index (Phi) is 5.70. The van der Waals surface area contributed by atoms with Gasteiger partial charge in [-0.05, 0) is 31.5 Å². The van der Waals surface area contributed by atoms with Gasteiger partial charge in [-0.2, -0.15) is 0 Å². The van der Waals surface area contributed by atoms with Gasteiger partial charge in [0.05, 0.1) is 32.3 Å². The van der Waals surface area contributed by atoms with Crippen LogP contribution >= 0.6 is 0 Å². The van der Waals surface area contributed by atoms with Crippen molar-refractivity contribution in [1.82, 2.24) is 14.7 Å². The molecule has 4 heterocycles. The average molecular weight is 391 g/mol. The normalized spacial score (nSPS) is 26.5. The molecule has 0 bridgehead atoms. The van der Waals surface area contributed by atoms with Crippen LogP contribution in [0.1, 0.15) is 29.2 Å². The van der Waals surface area contributed by atoms with Crippen LogP contribution in [0.4, 0.5) is 0 Å². The Labute approximate surface area is 165 Å². The highest BCUT2D eigenvalue weighted by Crippen LogP contribution is 2.41. The fraction of sp³-hybridized carbons (Fsp3) is 0.700. The van der Waals surface area contributed by atoms with Gasteiger partial charge in [0.2, 0.25) is 11.7 Å². The standard InChI is InChI=1S/C20H29N3O5/c1-26-18(24)17-3-2-16(28-17)14-22-6-4-20(15-22)5-7-23(19(20)25)9-8-21-10-12-27-13-11-21/h2-3H,4-15H2,1H3. The van der Waals surface area contributed by atoms with Gasteiger partial charge in [0.1, 0.15) is 5.76 Å². The molecule has 3 aliphatic rings. The number of esters is 1. The second kappa shape index (κ2) is 8.23. The molecule has 3 aliphatic heterocycles. The quantitative estimate of drug-likeness (QED) is 0.665. The van der Waals surface area contributed by atoms with E-state index in [-0.39, 0.29) is 11.2 Å². The van der Waals surface area contributed by atoms with E-state index in [4.69, 9.17) is 9.15 Å². The number of morpholine rings is 1. The molecule has 1 aromatic rings. The van der Waals surface area contributed by atoms with Crippen molar-refractivity contribution in [3.8, 4) is 0 Å². The highest BCUT2D eigenvalue weighted by Gasteiger charge is 2.50. The number of carbonyl (C=O) groups excluding carboxylic acids is 2. The number of hydrogen-bond donors (Lipinski definition) is 0. The van der Waals surface area contributed by atoms with Gasteiger partial charge in [0.25, 0.3) is 0 Å². The fourth-order valence-corrected chi connectivity index (χ4v) is 4.56. The maximum atomic E-state index is 13.1. The van der Waals surface area contributed by atoms with E-state index in [1.54, 1.807) is 6.07 Å². The van der Waals surface area contributed by atoms with Crippen molar-refractivity contribution in [3.05, 3.63) is 23.7 Å². The van der Waals surface area contributed by atoms with Crippen LogP contribution in [0.15, 0.2) is 16.5 Å². The molecule has 1 unspecified atom stereocenters. The number of ether oxygens (including phenoxy) is 2. The summed E-state index contributed by atoms with van der Waals surface area (Å²) in [4.78, 5) is 31.3. The van der Waals surface area contributed by atoms with Crippen LogP contribution in [-0.4, -0.2) is 92.7 Å². The Morgan fingerprint density at radius 3 is 2.68 bits per heavy atom. The van der Waals surface area contributed by atoms with Crippen LogP contribution in [0.5, 0.6) is 0 Å². The third kappa shape index (κ3) is 3.94. The molecule has 0 radical (unpaired) electrons. The van der Waals surface area contributed by atoms with E-state index in [0.29, 0.717) is 12.5 Å². The number of furan rings is 1. The van der Waals surface area contributed by atoms with Gasteiger partial charge in [-0.1, -0.05) is 0 Å². The number of nitrogens with zero attached hydrogens (tertiary/aromatic N) is 3. The third-order valence-electron chi connectivity index (χ3n) is 6.25. The number of likely N-dealkylation sites (tertiary alicyclic amines) is 2. The highest BCUT2D eigenvalue weighted by atomic mass is 16.5. The largest absolute Gasteiger partial charge is 0.463 e. The summed E-state index contributed by atoms with van der Waals surface area (Å²) in [5.41, 5.74) is -0.247. The SMILES string of the molecule is COC(=O)c1ccc(CN2CCC3(CCN(CCN4CCOCC4)C3=O)C2)o1. The Hall–Kier alpha value is -1.90. The second-order valence-electron chi connectivity index (χ2n) is 7.99. The lowest BCUT2D eigenvalue weighted by molar-refractivity contribution is -0.135. The molecule has 154 valence electrons. The number of amides is 1. The first-order chi connectivity index (χ1) is 13.6. The van der Waals surface area contributed by atoms with E-state index in [9.17, 15) is 9.59 Å². The third-order valence-corrected chi connectivity index (χ3v) is 6.25. The van der Waals surface area contributed by atoms with Gasteiger partial charge in [-0.25, -0.2) is 4.79 Å². The van der Waals surface area contributed by atoms with Gasteiger partial charge < -0.3 is 18.8 Å². The molecule has 0 aliphatic carbocycles. The molecule has 1 aromatic heterocycles. The zero-order valence-electron chi connectivity index (χ0n) is 16.5. The van der Waals surface area contributed by atoms with Crippen molar-refractivity contribution >= 4 is 11.9 Å². The molecule has 0 aromatic carbocycles. The van der Waals surface area contributed by atoms with Crippen molar-refractivity contribution in [2.75, 3.05) is 66.1 Å². The first-order valence-electron chi connectivity index (χ1n) is 10.1. The Morgan fingerprint density at radius 2 is 1.89 bits per heavy atom. The Balaban J connectivity index is 1.29. The number of rotatable bonds is 6. The number of methoxy groups -OCH3 is 1. The van der Waals surface area contributed by atoms with E-state index in [1.165, 1.54) is 7.11 Å². The Morgan fingerprint density at radius 1 is 1.11 bits per heavy atom. The summed E-state index contributed by atoms with van der Waals surface area (Å²) < 4.78 is 15.6. The molecule has 4 rings (SSSR count). The minimum atomic E-state index is -0.467. The first-order valence-corrected chi connectivity index (χ1v) is 10.1. The summed E-state index contributed by atoms with van der Waals surface area (Å²) in [7, 11) is 1.34. The predicted molar refractivity (Wildman–Crippen MR) is 101 cm³/mol. The Bertz CT molecular complexity index is 714. The lowest BCUT2D eigenvalue weighted by Crippen LogP contribution is -2.43. The first kappa shape index (κ1) is 19.4. The average Bonchev–Trinajstić information content (AvgIpc) is 3.43. The predicted octanol–water partition coefficient (Wildman–Crippen LogP) is 0.823. The summed E-state index contributed by atoms with van der Waals surface area (Å²) in [6.07, 6.45) is 1.82. The lowest BCUT2D eigenvalue weighted by atomic mass is 9.85. The fourth-order valence-electron chi connectivity index (χ4n) is 4.56. The van der Waals surface area contributed by atoms with E-state index in [1.807, 2.05) is 11.0 Å². The van der Waals surface area contributed by atoms with Crippen LogP contribution in [0.3, 0.4) is 0 Å². The molecular formula is C20H29N3O5. The van der Waals surface area contributed by atoms with Crippen LogP contribution in [-0.2, 0) is 20.8 Å². The van der Waals surface area contributed by atoms with Gasteiger partial charge in [-0.3, -0.25) is 14.6 Å². The highest BCUT2D eigenvalue weighted by molar-refractivity contribution is 5.86.